The molecule has 0 radical (unpaired) electrons. The van der Waals surface area contributed by atoms with Crippen LogP contribution in [0.25, 0.3) is 0 Å². The third kappa shape index (κ3) is 2.47. The summed E-state index contributed by atoms with van der Waals surface area (Å²) in [6.45, 7) is 2.06. The van der Waals surface area contributed by atoms with Crippen LogP contribution in [0.15, 0.2) is 5.16 Å². The van der Waals surface area contributed by atoms with Crippen molar-refractivity contribution in [1.29, 1.82) is 0 Å². The van der Waals surface area contributed by atoms with Gasteiger partial charge in [-0.05, 0) is 38.5 Å². The summed E-state index contributed by atoms with van der Waals surface area (Å²) in [4.78, 5) is 9.36. The zero-order valence-corrected chi connectivity index (χ0v) is 11.6. The van der Waals surface area contributed by atoms with Gasteiger partial charge in [0, 0.05) is 24.6 Å². The highest BCUT2D eigenvalue weighted by Crippen LogP contribution is 2.27. The molecule has 1 saturated carbocycles. The van der Waals surface area contributed by atoms with Gasteiger partial charge in [0.25, 0.3) is 0 Å². The van der Waals surface area contributed by atoms with Crippen LogP contribution < -0.4 is 10.6 Å². The van der Waals surface area contributed by atoms with Crippen molar-refractivity contribution in [2.45, 2.75) is 43.3 Å². The summed E-state index contributed by atoms with van der Waals surface area (Å²) in [6.07, 6.45) is 8.02. The van der Waals surface area contributed by atoms with Crippen LogP contribution in [0.3, 0.4) is 0 Å². The molecule has 3 rings (SSSR count). The molecule has 1 aliphatic heterocycles. The van der Waals surface area contributed by atoms with E-state index in [2.05, 4.69) is 20.6 Å². The summed E-state index contributed by atoms with van der Waals surface area (Å²) in [5, 5.41) is 7.96. The first kappa shape index (κ1) is 12.2. The highest BCUT2D eigenvalue weighted by Gasteiger charge is 2.22. The maximum absolute atomic E-state index is 4.68. The van der Waals surface area contributed by atoms with E-state index in [9.17, 15) is 0 Å². The van der Waals surface area contributed by atoms with Crippen LogP contribution in [-0.2, 0) is 12.8 Å². The summed E-state index contributed by atoms with van der Waals surface area (Å²) in [7, 11) is 0. The molecule has 1 aromatic rings. The van der Waals surface area contributed by atoms with Crippen LogP contribution in [0, 0.1) is 0 Å². The molecule has 1 aliphatic carbocycles. The van der Waals surface area contributed by atoms with Gasteiger partial charge in [-0.15, -0.1) is 0 Å². The zero-order valence-electron chi connectivity index (χ0n) is 10.8. The predicted molar refractivity (Wildman–Crippen MR) is 75.4 cm³/mol. The number of anilines is 1. The average Bonchev–Trinajstić information content (AvgIpc) is 2.58. The van der Waals surface area contributed by atoms with Gasteiger partial charge in [0.1, 0.15) is 5.82 Å². The van der Waals surface area contributed by atoms with E-state index in [1.54, 1.807) is 11.8 Å². The minimum Gasteiger partial charge on any atom is -0.367 e. The Bertz CT molecular complexity index is 431. The summed E-state index contributed by atoms with van der Waals surface area (Å²) >= 11 is 1.63. The van der Waals surface area contributed by atoms with Crippen LogP contribution in [0.5, 0.6) is 0 Å². The van der Waals surface area contributed by atoms with E-state index < -0.39 is 0 Å². The van der Waals surface area contributed by atoms with E-state index in [1.807, 2.05) is 6.26 Å². The van der Waals surface area contributed by atoms with E-state index in [0.29, 0.717) is 6.04 Å². The maximum Gasteiger partial charge on any atom is 0.189 e. The van der Waals surface area contributed by atoms with Crippen molar-refractivity contribution in [3.05, 3.63) is 11.3 Å². The van der Waals surface area contributed by atoms with Crippen molar-refractivity contribution >= 4 is 17.6 Å². The number of fused-ring (bicyclic) bond motifs is 1. The van der Waals surface area contributed by atoms with Gasteiger partial charge >= 0.3 is 0 Å². The molecular formula is C13H20N4S. The molecule has 0 saturated heterocycles. The number of hydrogen-bond acceptors (Lipinski definition) is 5. The zero-order chi connectivity index (χ0) is 12.4. The molecule has 0 amide bonds. The van der Waals surface area contributed by atoms with Crippen molar-refractivity contribution in [3.63, 3.8) is 0 Å². The van der Waals surface area contributed by atoms with Gasteiger partial charge in [-0.3, -0.25) is 0 Å². The molecule has 0 aromatic carbocycles. The monoisotopic (exact) mass is 264 g/mol. The van der Waals surface area contributed by atoms with Crippen LogP contribution in [0.1, 0.15) is 30.5 Å². The first-order valence-corrected chi connectivity index (χ1v) is 8.00. The van der Waals surface area contributed by atoms with Gasteiger partial charge < -0.3 is 10.6 Å². The van der Waals surface area contributed by atoms with E-state index in [4.69, 9.17) is 0 Å². The molecule has 5 heteroatoms. The highest BCUT2D eigenvalue weighted by atomic mass is 32.2. The maximum atomic E-state index is 4.68. The van der Waals surface area contributed by atoms with E-state index in [1.165, 1.54) is 30.5 Å². The van der Waals surface area contributed by atoms with E-state index >= 15 is 0 Å². The van der Waals surface area contributed by atoms with Crippen molar-refractivity contribution in [3.8, 4) is 0 Å². The molecule has 0 atom stereocenters. The quantitative estimate of drug-likeness (QED) is 0.644. The second-order valence-corrected chi connectivity index (χ2v) is 5.78. The Hall–Kier alpha value is -0.810. The highest BCUT2D eigenvalue weighted by molar-refractivity contribution is 7.98. The first-order valence-electron chi connectivity index (χ1n) is 6.78. The molecule has 2 heterocycles. The van der Waals surface area contributed by atoms with Crippen molar-refractivity contribution < 1.29 is 0 Å². The molecule has 18 heavy (non-hydrogen) atoms. The molecule has 1 fully saturated rings. The fourth-order valence-electron chi connectivity index (χ4n) is 2.48. The number of thioether (sulfide) groups is 1. The number of rotatable bonds is 3. The lowest BCUT2D eigenvalue weighted by Gasteiger charge is -2.28. The smallest absolute Gasteiger partial charge is 0.189 e. The largest absolute Gasteiger partial charge is 0.367 e. The number of hydrogen-bond donors (Lipinski definition) is 2. The summed E-state index contributed by atoms with van der Waals surface area (Å²) in [6, 6.07) is 0.634. The van der Waals surface area contributed by atoms with Crippen LogP contribution >= 0.6 is 11.8 Å². The fourth-order valence-corrected chi connectivity index (χ4v) is 2.86. The Balaban J connectivity index is 1.92. The van der Waals surface area contributed by atoms with Crippen LogP contribution in [-0.4, -0.2) is 35.4 Å². The van der Waals surface area contributed by atoms with Crippen molar-refractivity contribution in [1.82, 2.24) is 15.3 Å². The standard InChI is InChI=1S/C13H20N4S/c1-18-13-16-11-6-8-14-7-5-10(11)12(17-13)15-9-3-2-4-9/h9,14H,2-8H2,1H3,(H,15,16,17). The lowest BCUT2D eigenvalue weighted by molar-refractivity contribution is 0.443. The minimum absolute atomic E-state index is 0.634. The Morgan fingerprint density at radius 1 is 1.22 bits per heavy atom. The molecule has 98 valence electrons. The molecule has 2 N–H and O–H groups in total. The minimum atomic E-state index is 0.634. The molecule has 1 aromatic heterocycles. The SMILES string of the molecule is CSc1nc2c(c(NC3CCC3)n1)CCNCC2. The molecular weight excluding hydrogens is 244 g/mol. The van der Waals surface area contributed by atoms with Crippen LogP contribution in [0.4, 0.5) is 5.82 Å². The molecule has 0 unspecified atom stereocenters. The summed E-state index contributed by atoms with van der Waals surface area (Å²) in [5.74, 6) is 1.10. The third-order valence-corrected chi connectivity index (χ3v) is 4.34. The van der Waals surface area contributed by atoms with Gasteiger partial charge in [0.2, 0.25) is 0 Å². The molecule has 4 nitrogen and oxygen atoms in total. The fraction of sp³-hybridized carbons (Fsp3) is 0.692. The Morgan fingerprint density at radius 3 is 2.78 bits per heavy atom. The van der Waals surface area contributed by atoms with Gasteiger partial charge in [-0.1, -0.05) is 11.8 Å². The number of nitrogens with one attached hydrogen (secondary N) is 2. The number of nitrogens with zero attached hydrogens (tertiary/aromatic N) is 2. The second kappa shape index (κ2) is 5.45. The summed E-state index contributed by atoms with van der Waals surface area (Å²) in [5.41, 5.74) is 2.57. The molecule has 0 spiro atoms. The lowest BCUT2D eigenvalue weighted by Crippen LogP contribution is -2.28. The normalized spacial score (nSPS) is 19.8. The van der Waals surface area contributed by atoms with Crippen molar-refractivity contribution in [2.24, 2.45) is 0 Å². The predicted octanol–water partition coefficient (Wildman–Crippen LogP) is 1.85. The van der Waals surface area contributed by atoms with Gasteiger partial charge in [0.05, 0.1) is 5.69 Å². The molecule has 0 bridgehead atoms. The van der Waals surface area contributed by atoms with Gasteiger partial charge in [0.15, 0.2) is 5.16 Å². The van der Waals surface area contributed by atoms with Gasteiger partial charge in [-0.2, -0.15) is 0 Å². The Kier molecular flexibility index (Phi) is 3.70. The van der Waals surface area contributed by atoms with Gasteiger partial charge in [-0.25, -0.2) is 9.97 Å². The third-order valence-electron chi connectivity index (χ3n) is 3.79. The molecule has 2 aliphatic rings. The Morgan fingerprint density at radius 2 is 2.06 bits per heavy atom. The van der Waals surface area contributed by atoms with E-state index in [-0.39, 0.29) is 0 Å². The van der Waals surface area contributed by atoms with Crippen LogP contribution in [0.2, 0.25) is 0 Å². The Labute approximate surface area is 112 Å². The number of aromatic nitrogens is 2. The van der Waals surface area contributed by atoms with Crippen molar-refractivity contribution in [2.75, 3.05) is 24.7 Å². The summed E-state index contributed by atoms with van der Waals surface area (Å²) < 4.78 is 0. The lowest BCUT2D eigenvalue weighted by atomic mass is 9.93. The van der Waals surface area contributed by atoms with E-state index in [0.717, 1.165) is 36.9 Å². The second-order valence-electron chi connectivity index (χ2n) is 5.01. The first-order chi connectivity index (χ1) is 8.86. The average molecular weight is 264 g/mol. The topological polar surface area (TPSA) is 49.8 Å².